The molecule has 1 rings (SSSR count). The second kappa shape index (κ2) is 7.43. The molecular weight excluding hydrogens is 272 g/mol. The standard InChI is InChI=1S/C15H24N2O2S/c1-5-9-16-14(18)17-13-8-6-7-12(10-13)11-20(19)15(2,3)4/h6-8,10H,5,9,11H2,1-4H3,(H2,16,17,18)/t20-/m0/s1. The highest BCUT2D eigenvalue weighted by molar-refractivity contribution is 7.85. The van der Waals surface area contributed by atoms with Crippen LogP contribution in [-0.2, 0) is 16.6 Å². The van der Waals surface area contributed by atoms with Crippen molar-refractivity contribution in [1.82, 2.24) is 5.32 Å². The Bertz CT molecular complexity index is 481. The van der Waals surface area contributed by atoms with E-state index in [1.165, 1.54) is 0 Å². The molecule has 0 fully saturated rings. The summed E-state index contributed by atoms with van der Waals surface area (Å²) in [5.41, 5.74) is 1.69. The largest absolute Gasteiger partial charge is 0.338 e. The number of amides is 2. The highest BCUT2D eigenvalue weighted by Crippen LogP contribution is 2.18. The average molecular weight is 296 g/mol. The number of anilines is 1. The van der Waals surface area contributed by atoms with E-state index in [1.54, 1.807) is 0 Å². The van der Waals surface area contributed by atoms with E-state index in [4.69, 9.17) is 0 Å². The predicted octanol–water partition coefficient (Wildman–Crippen LogP) is 3.27. The molecule has 0 heterocycles. The van der Waals surface area contributed by atoms with Gasteiger partial charge < -0.3 is 10.6 Å². The third-order valence-corrected chi connectivity index (χ3v) is 4.66. The van der Waals surface area contributed by atoms with Crippen LogP contribution in [0.3, 0.4) is 0 Å². The molecule has 0 aromatic heterocycles. The van der Waals surface area contributed by atoms with E-state index in [2.05, 4.69) is 10.6 Å². The predicted molar refractivity (Wildman–Crippen MR) is 85.4 cm³/mol. The summed E-state index contributed by atoms with van der Waals surface area (Å²) in [5, 5.41) is 5.54. The number of nitrogens with one attached hydrogen (secondary N) is 2. The molecule has 20 heavy (non-hydrogen) atoms. The second-order valence-electron chi connectivity index (χ2n) is 5.68. The summed E-state index contributed by atoms with van der Waals surface area (Å²) in [6.07, 6.45) is 0.901. The molecule has 4 nitrogen and oxygen atoms in total. The van der Waals surface area contributed by atoms with Crippen molar-refractivity contribution >= 4 is 22.5 Å². The van der Waals surface area contributed by atoms with Crippen molar-refractivity contribution in [3.63, 3.8) is 0 Å². The highest BCUT2D eigenvalue weighted by atomic mass is 32.2. The molecule has 0 unspecified atom stereocenters. The lowest BCUT2D eigenvalue weighted by atomic mass is 10.2. The van der Waals surface area contributed by atoms with Gasteiger partial charge in [0.25, 0.3) is 0 Å². The van der Waals surface area contributed by atoms with Gasteiger partial charge in [-0.3, -0.25) is 4.21 Å². The maximum Gasteiger partial charge on any atom is 0.319 e. The molecule has 2 amide bonds. The van der Waals surface area contributed by atoms with E-state index in [0.29, 0.717) is 12.3 Å². The summed E-state index contributed by atoms with van der Waals surface area (Å²) in [5.74, 6) is 0.496. The van der Waals surface area contributed by atoms with Gasteiger partial charge in [0.1, 0.15) is 0 Å². The molecule has 1 aromatic rings. The molecular formula is C15H24N2O2S. The number of hydrogen-bond donors (Lipinski definition) is 2. The Labute approximate surface area is 123 Å². The molecule has 5 heteroatoms. The van der Waals surface area contributed by atoms with Gasteiger partial charge in [-0.15, -0.1) is 0 Å². The molecule has 0 saturated heterocycles. The molecule has 0 saturated carbocycles. The van der Waals surface area contributed by atoms with Crippen LogP contribution in [0.2, 0.25) is 0 Å². The zero-order valence-electron chi connectivity index (χ0n) is 12.7. The van der Waals surface area contributed by atoms with Crippen molar-refractivity contribution < 1.29 is 9.00 Å². The first-order valence-electron chi connectivity index (χ1n) is 6.85. The first-order valence-corrected chi connectivity index (χ1v) is 8.17. The topological polar surface area (TPSA) is 58.2 Å². The number of rotatable bonds is 5. The van der Waals surface area contributed by atoms with Crippen LogP contribution < -0.4 is 10.6 Å². The average Bonchev–Trinajstić information content (AvgIpc) is 2.35. The van der Waals surface area contributed by atoms with Crippen LogP contribution >= 0.6 is 0 Å². The Hall–Kier alpha value is -1.36. The van der Waals surface area contributed by atoms with Crippen LogP contribution in [0.1, 0.15) is 39.7 Å². The van der Waals surface area contributed by atoms with E-state index >= 15 is 0 Å². The molecule has 0 aliphatic carbocycles. The van der Waals surface area contributed by atoms with Crippen molar-refractivity contribution in [1.29, 1.82) is 0 Å². The number of benzene rings is 1. The summed E-state index contributed by atoms with van der Waals surface area (Å²) in [7, 11) is -0.942. The first kappa shape index (κ1) is 16.7. The van der Waals surface area contributed by atoms with E-state index in [-0.39, 0.29) is 10.8 Å². The third-order valence-electron chi connectivity index (χ3n) is 2.70. The summed E-state index contributed by atoms with van der Waals surface area (Å²) in [6.45, 7) is 8.54. The SMILES string of the molecule is CCCNC(=O)Nc1cccc(C[S@](=O)C(C)(C)C)c1. The van der Waals surface area contributed by atoms with Gasteiger partial charge in [0, 0.05) is 33.5 Å². The molecule has 0 bridgehead atoms. The van der Waals surface area contributed by atoms with Gasteiger partial charge in [0.2, 0.25) is 0 Å². The number of carbonyl (C=O) groups is 1. The molecule has 1 aromatic carbocycles. The van der Waals surface area contributed by atoms with Crippen molar-refractivity contribution in [2.24, 2.45) is 0 Å². The maximum atomic E-state index is 12.1. The Morgan fingerprint density at radius 1 is 1.30 bits per heavy atom. The normalized spacial score (nSPS) is 12.8. The van der Waals surface area contributed by atoms with Crippen LogP contribution in [0.25, 0.3) is 0 Å². The van der Waals surface area contributed by atoms with Crippen molar-refractivity contribution in [2.45, 2.75) is 44.6 Å². The van der Waals surface area contributed by atoms with Crippen LogP contribution in [-0.4, -0.2) is 21.5 Å². The van der Waals surface area contributed by atoms with Crippen molar-refractivity contribution in [3.05, 3.63) is 29.8 Å². The zero-order chi connectivity index (χ0) is 15.2. The van der Waals surface area contributed by atoms with Crippen molar-refractivity contribution in [2.75, 3.05) is 11.9 Å². The van der Waals surface area contributed by atoms with Crippen LogP contribution in [0.5, 0.6) is 0 Å². The smallest absolute Gasteiger partial charge is 0.319 e. The van der Waals surface area contributed by atoms with E-state index in [0.717, 1.165) is 17.7 Å². The highest BCUT2D eigenvalue weighted by Gasteiger charge is 2.19. The first-order chi connectivity index (χ1) is 9.32. The monoisotopic (exact) mass is 296 g/mol. The quantitative estimate of drug-likeness (QED) is 0.876. The van der Waals surface area contributed by atoms with Crippen molar-refractivity contribution in [3.8, 4) is 0 Å². The summed E-state index contributed by atoms with van der Waals surface area (Å²) in [4.78, 5) is 11.6. The molecule has 0 aliphatic rings. The molecule has 1 atom stereocenters. The van der Waals surface area contributed by atoms with E-state index in [9.17, 15) is 9.00 Å². The molecule has 0 aliphatic heterocycles. The minimum absolute atomic E-state index is 0.207. The minimum Gasteiger partial charge on any atom is -0.338 e. The fourth-order valence-electron chi connectivity index (χ4n) is 1.52. The number of urea groups is 1. The summed E-state index contributed by atoms with van der Waals surface area (Å²) >= 11 is 0. The molecule has 112 valence electrons. The van der Waals surface area contributed by atoms with Crippen LogP contribution in [0, 0.1) is 0 Å². The fourth-order valence-corrected chi connectivity index (χ4v) is 2.44. The fraction of sp³-hybridized carbons (Fsp3) is 0.533. The minimum atomic E-state index is -0.942. The van der Waals surface area contributed by atoms with Gasteiger partial charge in [-0.05, 0) is 44.9 Å². The van der Waals surface area contributed by atoms with Gasteiger partial charge in [0.05, 0.1) is 0 Å². The Balaban J connectivity index is 2.66. The van der Waals surface area contributed by atoms with E-state index < -0.39 is 10.8 Å². The summed E-state index contributed by atoms with van der Waals surface area (Å²) in [6, 6.07) is 7.29. The second-order valence-corrected chi connectivity index (χ2v) is 7.89. The third kappa shape index (κ3) is 5.74. The summed E-state index contributed by atoms with van der Waals surface area (Å²) < 4.78 is 11.9. The maximum absolute atomic E-state index is 12.1. The lowest BCUT2D eigenvalue weighted by Crippen LogP contribution is -2.29. The Morgan fingerprint density at radius 3 is 2.60 bits per heavy atom. The lowest BCUT2D eigenvalue weighted by molar-refractivity contribution is 0.252. The van der Waals surface area contributed by atoms with Gasteiger partial charge >= 0.3 is 6.03 Å². The molecule has 0 spiro atoms. The molecule has 0 radical (unpaired) electrons. The van der Waals surface area contributed by atoms with Gasteiger partial charge in [0.15, 0.2) is 0 Å². The Kier molecular flexibility index (Phi) is 6.20. The van der Waals surface area contributed by atoms with Gasteiger partial charge in [-0.25, -0.2) is 4.79 Å². The van der Waals surface area contributed by atoms with Crippen LogP contribution in [0.15, 0.2) is 24.3 Å². The lowest BCUT2D eigenvalue weighted by Gasteiger charge is -2.18. The molecule has 2 N–H and O–H groups in total. The van der Waals surface area contributed by atoms with Crippen LogP contribution in [0.4, 0.5) is 10.5 Å². The van der Waals surface area contributed by atoms with E-state index in [1.807, 2.05) is 52.0 Å². The number of hydrogen-bond acceptors (Lipinski definition) is 2. The van der Waals surface area contributed by atoms with Gasteiger partial charge in [-0.1, -0.05) is 19.1 Å². The zero-order valence-corrected chi connectivity index (χ0v) is 13.5. The van der Waals surface area contributed by atoms with Gasteiger partial charge in [-0.2, -0.15) is 0 Å². The number of carbonyl (C=O) groups excluding carboxylic acids is 1. The Morgan fingerprint density at radius 2 is 2.00 bits per heavy atom.